The molecule has 4 aliphatic rings. The molecule has 3 saturated heterocycles. The first-order chi connectivity index (χ1) is 14.6. The molecule has 2 bridgehead atoms. The molecule has 4 atom stereocenters. The molecule has 1 N–H and O–H groups in total. The van der Waals surface area contributed by atoms with Gasteiger partial charge >= 0.3 is 12.0 Å². The Bertz CT molecular complexity index is 850. The molecular formula is C24H31N3O3. The fraction of sp³-hybridized carbons (Fsp3) is 0.583. The highest BCUT2D eigenvalue weighted by molar-refractivity contribution is 5.92. The molecule has 3 fully saturated rings. The highest BCUT2D eigenvalue weighted by atomic mass is 16.5. The SMILES string of the molecule is COC(=O)c1ccc(NC(=O)N2CCCC3=C[C@H]4C[C@@H](CN5CCCC[C@@H]45)[C@H]32)cc1. The Balaban J connectivity index is 1.33. The summed E-state index contributed by atoms with van der Waals surface area (Å²) in [7, 11) is 1.37. The Kier molecular flexibility index (Phi) is 5.27. The van der Waals surface area contributed by atoms with Crippen LogP contribution < -0.4 is 5.32 Å². The minimum Gasteiger partial charge on any atom is -0.465 e. The van der Waals surface area contributed by atoms with Gasteiger partial charge in [0.05, 0.1) is 18.7 Å². The molecule has 3 heterocycles. The van der Waals surface area contributed by atoms with Crippen LogP contribution in [0, 0.1) is 11.8 Å². The predicted octanol–water partition coefficient (Wildman–Crippen LogP) is 3.90. The summed E-state index contributed by atoms with van der Waals surface area (Å²) in [6.45, 7) is 3.14. The number of amides is 2. The Morgan fingerprint density at radius 3 is 2.73 bits per heavy atom. The first-order valence-electron chi connectivity index (χ1n) is 11.3. The molecule has 2 amide bonds. The number of nitrogens with one attached hydrogen (secondary N) is 1. The summed E-state index contributed by atoms with van der Waals surface area (Å²) in [5.74, 6) is 0.838. The molecule has 6 heteroatoms. The quantitative estimate of drug-likeness (QED) is 0.594. The summed E-state index contributed by atoms with van der Waals surface area (Å²) in [4.78, 5) is 29.6. The number of benzene rings is 1. The van der Waals surface area contributed by atoms with Crippen molar-refractivity contribution in [2.75, 3.05) is 32.1 Å². The molecule has 0 spiro atoms. The molecule has 1 aromatic rings. The minimum absolute atomic E-state index is 0.0318. The Labute approximate surface area is 178 Å². The number of fused-ring (bicyclic) bond motifs is 6. The van der Waals surface area contributed by atoms with Crippen LogP contribution in [0.25, 0.3) is 0 Å². The molecule has 1 aromatic carbocycles. The molecule has 0 radical (unpaired) electrons. The van der Waals surface area contributed by atoms with E-state index in [1.54, 1.807) is 24.3 Å². The lowest BCUT2D eigenvalue weighted by Crippen LogP contribution is -2.60. The summed E-state index contributed by atoms with van der Waals surface area (Å²) in [6, 6.07) is 7.82. The first-order valence-corrected chi connectivity index (χ1v) is 11.3. The standard InChI is InChI=1S/C24H31N3O3/c1-30-23(28)16-7-9-20(10-8-16)25-24(29)27-12-4-5-17-13-18-14-19(22(17)27)15-26-11-3-2-6-21(18)26/h7-10,13,18-19,21-22H,2-6,11-12,14-15H2,1H3,(H,25,29)/t18-,19-,21-,22-/m0/s1. The largest absolute Gasteiger partial charge is 0.465 e. The van der Waals surface area contributed by atoms with E-state index in [0.717, 1.165) is 32.0 Å². The van der Waals surface area contributed by atoms with Gasteiger partial charge in [0, 0.05) is 24.8 Å². The third kappa shape index (κ3) is 3.51. The van der Waals surface area contributed by atoms with Crippen LogP contribution in [0.15, 0.2) is 35.9 Å². The third-order valence-electron chi connectivity index (χ3n) is 7.48. The summed E-state index contributed by atoms with van der Waals surface area (Å²) >= 11 is 0. The van der Waals surface area contributed by atoms with Crippen LogP contribution in [0.1, 0.15) is 48.9 Å². The van der Waals surface area contributed by atoms with E-state index in [-0.39, 0.29) is 18.0 Å². The zero-order valence-electron chi connectivity index (χ0n) is 17.7. The second-order valence-corrected chi connectivity index (χ2v) is 9.20. The highest BCUT2D eigenvalue weighted by Crippen LogP contribution is 2.45. The predicted molar refractivity (Wildman–Crippen MR) is 115 cm³/mol. The Morgan fingerprint density at radius 1 is 1.10 bits per heavy atom. The molecule has 1 aliphatic carbocycles. The minimum atomic E-state index is -0.372. The second kappa shape index (κ2) is 8.06. The van der Waals surface area contributed by atoms with Crippen molar-refractivity contribution < 1.29 is 14.3 Å². The molecule has 5 rings (SSSR count). The molecule has 160 valence electrons. The number of carbonyl (C=O) groups is 2. The van der Waals surface area contributed by atoms with Gasteiger partial charge in [0.1, 0.15) is 0 Å². The van der Waals surface area contributed by atoms with Gasteiger partial charge in [-0.1, -0.05) is 18.1 Å². The van der Waals surface area contributed by atoms with E-state index < -0.39 is 0 Å². The van der Waals surface area contributed by atoms with Gasteiger partial charge < -0.3 is 15.0 Å². The lowest BCUT2D eigenvalue weighted by Gasteiger charge is -2.54. The average molecular weight is 410 g/mol. The van der Waals surface area contributed by atoms with Crippen LogP contribution in [0.2, 0.25) is 0 Å². The summed E-state index contributed by atoms with van der Waals surface area (Å²) in [6.07, 6.45) is 9.91. The van der Waals surface area contributed by atoms with Crippen molar-refractivity contribution in [3.05, 3.63) is 41.5 Å². The summed E-state index contributed by atoms with van der Waals surface area (Å²) < 4.78 is 4.74. The van der Waals surface area contributed by atoms with Crippen LogP contribution in [-0.4, -0.2) is 60.6 Å². The van der Waals surface area contributed by atoms with Crippen LogP contribution >= 0.6 is 0 Å². The van der Waals surface area contributed by atoms with Crippen molar-refractivity contribution in [2.24, 2.45) is 11.8 Å². The van der Waals surface area contributed by atoms with Gasteiger partial charge in [-0.15, -0.1) is 0 Å². The van der Waals surface area contributed by atoms with E-state index in [9.17, 15) is 9.59 Å². The van der Waals surface area contributed by atoms with Crippen molar-refractivity contribution in [3.8, 4) is 0 Å². The van der Waals surface area contributed by atoms with Crippen LogP contribution in [-0.2, 0) is 4.74 Å². The molecule has 3 aliphatic heterocycles. The van der Waals surface area contributed by atoms with Gasteiger partial charge in [-0.2, -0.15) is 0 Å². The van der Waals surface area contributed by atoms with E-state index in [1.165, 1.54) is 44.9 Å². The number of ether oxygens (including phenoxy) is 1. The number of carbonyl (C=O) groups excluding carboxylic acids is 2. The van der Waals surface area contributed by atoms with Crippen molar-refractivity contribution >= 4 is 17.7 Å². The summed E-state index contributed by atoms with van der Waals surface area (Å²) in [5, 5.41) is 3.05. The average Bonchev–Trinajstić information content (AvgIpc) is 2.78. The van der Waals surface area contributed by atoms with Gasteiger partial charge in [-0.3, -0.25) is 4.90 Å². The van der Waals surface area contributed by atoms with E-state index in [4.69, 9.17) is 4.74 Å². The lowest BCUT2D eigenvalue weighted by atomic mass is 9.68. The van der Waals surface area contributed by atoms with Crippen LogP contribution in [0.5, 0.6) is 0 Å². The number of hydrogen-bond acceptors (Lipinski definition) is 4. The monoisotopic (exact) mass is 409 g/mol. The van der Waals surface area contributed by atoms with Crippen molar-refractivity contribution in [3.63, 3.8) is 0 Å². The summed E-state index contributed by atoms with van der Waals surface area (Å²) in [5.41, 5.74) is 2.68. The fourth-order valence-corrected chi connectivity index (χ4v) is 6.20. The number of urea groups is 1. The number of piperidine rings is 3. The van der Waals surface area contributed by atoms with Gasteiger partial charge in [0.25, 0.3) is 0 Å². The normalized spacial score (nSPS) is 30.6. The molecule has 0 saturated carbocycles. The Morgan fingerprint density at radius 2 is 1.93 bits per heavy atom. The fourth-order valence-electron chi connectivity index (χ4n) is 6.20. The first kappa shape index (κ1) is 19.6. The van der Waals surface area contributed by atoms with E-state index in [2.05, 4.69) is 21.2 Å². The molecule has 30 heavy (non-hydrogen) atoms. The number of rotatable bonds is 2. The smallest absolute Gasteiger partial charge is 0.337 e. The zero-order chi connectivity index (χ0) is 20.7. The van der Waals surface area contributed by atoms with Crippen molar-refractivity contribution in [2.45, 2.75) is 50.6 Å². The molecule has 0 unspecified atom stereocenters. The van der Waals surface area contributed by atoms with Gasteiger partial charge in [-0.05, 0) is 74.8 Å². The number of anilines is 1. The maximum absolute atomic E-state index is 13.2. The maximum atomic E-state index is 13.2. The topological polar surface area (TPSA) is 61.9 Å². The van der Waals surface area contributed by atoms with E-state index in [1.807, 2.05) is 0 Å². The number of nitrogens with zero attached hydrogens (tertiary/aromatic N) is 2. The second-order valence-electron chi connectivity index (χ2n) is 9.20. The molecule has 0 aromatic heterocycles. The highest BCUT2D eigenvalue weighted by Gasteiger charge is 2.46. The van der Waals surface area contributed by atoms with Gasteiger partial charge in [-0.25, -0.2) is 9.59 Å². The van der Waals surface area contributed by atoms with Crippen LogP contribution in [0.3, 0.4) is 0 Å². The zero-order valence-corrected chi connectivity index (χ0v) is 17.7. The maximum Gasteiger partial charge on any atom is 0.337 e. The van der Waals surface area contributed by atoms with Crippen LogP contribution in [0.4, 0.5) is 10.5 Å². The lowest BCUT2D eigenvalue weighted by molar-refractivity contribution is 0.00908. The molecular weight excluding hydrogens is 378 g/mol. The van der Waals surface area contributed by atoms with E-state index >= 15 is 0 Å². The Hall–Kier alpha value is -2.34. The van der Waals surface area contributed by atoms with Crippen molar-refractivity contribution in [1.29, 1.82) is 0 Å². The molecule has 6 nitrogen and oxygen atoms in total. The number of esters is 1. The number of hydrogen-bond donors (Lipinski definition) is 1. The number of likely N-dealkylation sites (tertiary alicyclic amines) is 1. The third-order valence-corrected chi connectivity index (χ3v) is 7.48. The number of methoxy groups -OCH3 is 1. The van der Waals surface area contributed by atoms with E-state index in [0.29, 0.717) is 23.1 Å². The van der Waals surface area contributed by atoms with Crippen molar-refractivity contribution in [1.82, 2.24) is 9.80 Å². The van der Waals surface area contributed by atoms with Gasteiger partial charge in [0.15, 0.2) is 0 Å². The van der Waals surface area contributed by atoms with Gasteiger partial charge in [0.2, 0.25) is 0 Å².